The van der Waals surface area contributed by atoms with Crippen molar-refractivity contribution in [2.45, 2.75) is 12.8 Å². The lowest BCUT2D eigenvalue weighted by Gasteiger charge is -2.23. The quantitative estimate of drug-likeness (QED) is 0.367. The topological polar surface area (TPSA) is 40.1 Å². The van der Waals surface area contributed by atoms with E-state index in [0.29, 0.717) is 0 Å². The zero-order valence-electron chi connectivity index (χ0n) is 15.8. The molecule has 1 aliphatic rings. The molecule has 0 spiro atoms. The highest BCUT2D eigenvalue weighted by Crippen LogP contribution is 2.20. The van der Waals surface area contributed by atoms with Crippen molar-refractivity contribution in [3.63, 3.8) is 0 Å². The third-order valence-corrected chi connectivity index (χ3v) is 4.62. The highest BCUT2D eigenvalue weighted by molar-refractivity contribution is 14.0. The van der Waals surface area contributed by atoms with E-state index >= 15 is 0 Å². The van der Waals surface area contributed by atoms with Crippen LogP contribution in [0.15, 0.2) is 35.3 Å². The molecule has 5 nitrogen and oxygen atoms in total. The van der Waals surface area contributed by atoms with E-state index in [0.717, 1.165) is 57.6 Å². The highest BCUT2D eigenvalue weighted by Gasteiger charge is 2.24. The Morgan fingerprint density at radius 3 is 2.76 bits per heavy atom. The lowest BCUT2D eigenvalue weighted by Crippen LogP contribution is -2.43. The number of hydrogen-bond acceptors (Lipinski definition) is 3. The molecule has 25 heavy (non-hydrogen) atoms. The molecule has 1 fully saturated rings. The smallest absolute Gasteiger partial charge is 0.193 e. The molecule has 1 heterocycles. The van der Waals surface area contributed by atoms with Crippen LogP contribution in [0, 0.1) is 5.92 Å². The molecular weight excluding hydrogens is 427 g/mol. The molecule has 0 amide bonds. The summed E-state index contributed by atoms with van der Waals surface area (Å²) < 4.78 is 5.11. The van der Waals surface area contributed by atoms with E-state index in [9.17, 15) is 0 Å². The van der Waals surface area contributed by atoms with Crippen LogP contribution in [0.2, 0.25) is 0 Å². The molecular formula is C19H33IN4O. The van der Waals surface area contributed by atoms with Crippen molar-refractivity contribution in [1.29, 1.82) is 0 Å². The molecule has 0 radical (unpaired) electrons. The van der Waals surface area contributed by atoms with E-state index in [1.807, 2.05) is 7.05 Å². The molecule has 1 aromatic carbocycles. The van der Waals surface area contributed by atoms with Crippen LogP contribution in [0.1, 0.15) is 12.0 Å². The van der Waals surface area contributed by atoms with Gasteiger partial charge in [0, 0.05) is 46.9 Å². The summed E-state index contributed by atoms with van der Waals surface area (Å²) in [4.78, 5) is 9.12. The standard InChI is InChI=1S/C19H32N4O.HI/c1-20-19(21-10-12-22(2)13-14-24-3)23-11-9-18(16-23)15-17-7-5-4-6-8-17;/h4-8,18H,9-16H2,1-3H3,(H,20,21);1H. The van der Waals surface area contributed by atoms with Crippen LogP contribution in [0.5, 0.6) is 0 Å². The molecule has 6 heteroatoms. The predicted molar refractivity (Wildman–Crippen MR) is 116 cm³/mol. The number of guanidine groups is 1. The maximum absolute atomic E-state index is 5.11. The van der Waals surface area contributed by atoms with Crippen LogP contribution in [-0.4, -0.2) is 76.3 Å². The van der Waals surface area contributed by atoms with E-state index in [1.54, 1.807) is 7.11 Å². The number of benzene rings is 1. The Morgan fingerprint density at radius 1 is 1.32 bits per heavy atom. The van der Waals surface area contributed by atoms with Gasteiger partial charge in [-0.25, -0.2) is 0 Å². The van der Waals surface area contributed by atoms with Crippen molar-refractivity contribution >= 4 is 29.9 Å². The first-order valence-electron chi connectivity index (χ1n) is 8.90. The molecule has 1 saturated heterocycles. The van der Waals surface area contributed by atoms with Gasteiger partial charge < -0.3 is 19.9 Å². The zero-order valence-corrected chi connectivity index (χ0v) is 18.1. The summed E-state index contributed by atoms with van der Waals surface area (Å²) in [6.45, 7) is 5.82. The average Bonchev–Trinajstić information content (AvgIpc) is 3.06. The number of nitrogens with one attached hydrogen (secondary N) is 1. The number of methoxy groups -OCH3 is 1. The molecule has 0 aromatic heterocycles. The molecule has 0 aliphatic carbocycles. The van der Waals surface area contributed by atoms with Gasteiger partial charge in [-0.1, -0.05) is 30.3 Å². The molecule has 142 valence electrons. The second kappa shape index (κ2) is 12.5. The molecule has 0 saturated carbocycles. The lowest BCUT2D eigenvalue weighted by atomic mass is 9.99. The molecule has 1 unspecified atom stereocenters. The Kier molecular flexibility index (Phi) is 11.1. The third kappa shape index (κ3) is 7.92. The fourth-order valence-electron chi connectivity index (χ4n) is 3.19. The maximum atomic E-state index is 5.11. The van der Waals surface area contributed by atoms with Gasteiger partial charge in [0.1, 0.15) is 0 Å². The summed E-state index contributed by atoms with van der Waals surface area (Å²) in [5.74, 6) is 1.75. The Labute approximate surface area is 169 Å². The van der Waals surface area contributed by atoms with E-state index in [-0.39, 0.29) is 24.0 Å². The average molecular weight is 460 g/mol. The predicted octanol–water partition coefficient (Wildman–Crippen LogP) is 2.32. The van der Waals surface area contributed by atoms with Crippen molar-refractivity contribution in [1.82, 2.24) is 15.1 Å². The van der Waals surface area contributed by atoms with E-state index in [4.69, 9.17) is 4.74 Å². The summed E-state index contributed by atoms with van der Waals surface area (Å²) in [5.41, 5.74) is 1.44. The van der Waals surface area contributed by atoms with Crippen molar-refractivity contribution in [2.75, 3.05) is 60.5 Å². The van der Waals surface area contributed by atoms with Gasteiger partial charge in [-0.05, 0) is 31.4 Å². The summed E-state index contributed by atoms with van der Waals surface area (Å²) in [7, 11) is 5.74. The van der Waals surface area contributed by atoms with Gasteiger partial charge >= 0.3 is 0 Å². The molecule has 1 aromatic rings. The normalized spacial score (nSPS) is 17.7. The largest absolute Gasteiger partial charge is 0.383 e. The summed E-state index contributed by atoms with van der Waals surface area (Å²) in [5, 5.41) is 3.50. The first kappa shape index (κ1) is 22.2. The van der Waals surface area contributed by atoms with Crippen LogP contribution in [-0.2, 0) is 11.2 Å². The van der Waals surface area contributed by atoms with E-state index in [1.165, 1.54) is 12.0 Å². The Balaban J connectivity index is 0.00000312. The second-order valence-electron chi connectivity index (χ2n) is 6.56. The first-order valence-corrected chi connectivity index (χ1v) is 8.90. The lowest BCUT2D eigenvalue weighted by molar-refractivity contribution is 0.162. The van der Waals surface area contributed by atoms with Crippen LogP contribution < -0.4 is 5.32 Å². The zero-order chi connectivity index (χ0) is 17.2. The maximum Gasteiger partial charge on any atom is 0.193 e. The number of likely N-dealkylation sites (N-methyl/N-ethyl adjacent to an activating group) is 1. The van der Waals surface area contributed by atoms with Gasteiger partial charge in [-0.2, -0.15) is 0 Å². The van der Waals surface area contributed by atoms with Crippen molar-refractivity contribution in [3.8, 4) is 0 Å². The van der Waals surface area contributed by atoms with Crippen LogP contribution in [0.3, 0.4) is 0 Å². The number of nitrogens with zero attached hydrogens (tertiary/aromatic N) is 3. The molecule has 1 aliphatic heterocycles. The van der Waals surface area contributed by atoms with Gasteiger partial charge in [0.2, 0.25) is 0 Å². The number of halogens is 1. The second-order valence-corrected chi connectivity index (χ2v) is 6.56. The van der Waals surface area contributed by atoms with Gasteiger partial charge in [-0.3, -0.25) is 4.99 Å². The van der Waals surface area contributed by atoms with Crippen LogP contribution in [0.25, 0.3) is 0 Å². The van der Waals surface area contributed by atoms with Crippen molar-refractivity contribution in [2.24, 2.45) is 10.9 Å². The van der Waals surface area contributed by atoms with Gasteiger partial charge in [0.05, 0.1) is 6.61 Å². The van der Waals surface area contributed by atoms with Crippen molar-refractivity contribution < 1.29 is 4.74 Å². The number of aliphatic imine (C=N–C) groups is 1. The number of hydrogen-bond donors (Lipinski definition) is 1. The Hall–Kier alpha value is -0.860. The third-order valence-electron chi connectivity index (χ3n) is 4.62. The monoisotopic (exact) mass is 460 g/mol. The fourth-order valence-corrected chi connectivity index (χ4v) is 3.19. The number of ether oxygens (including phenoxy) is 1. The summed E-state index contributed by atoms with van der Waals surface area (Å²) in [6, 6.07) is 10.8. The minimum atomic E-state index is 0. The van der Waals surface area contributed by atoms with Crippen LogP contribution >= 0.6 is 24.0 Å². The van der Waals surface area contributed by atoms with E-state index in [2.05, 4.69) is 57.5 Å². The number of rotatable bonds is 8. The summed E-state index contributed by atoms with van der Waals surface area (Å²) in [6.07, 6.45) is 2.40. The highest BCUT2D eigenvalue weighted by atomic mass is 127. The summed E-state index contributed by atoms with van der Waals surface area (Å²) >= 11 is 0. The van der Waals surface area contributed by atoms with Crippen LogP contribution in [0.4, 0.5) is 0 Å². The van der Waals surface area contributed by atoms with Gasteiger partial charge in [-0.15, -0.1) is 24.0 Å². The SMILES string of the molecule is CN=C(NCCN(C)CCOC)N1CCC(Cc2ccccc2)C1.I. The molecule has 0 bridgehead atoms. The molecule has 1 N–H and O–H groups in total. The minimum Gasteiger partial charge on any atom is -0.383 e. The van der Waals surface area contributed by atoms with Gasteiger partial charge in [0.15, 0.2) is 5.96 Å². The minimum absolute atomic E-state index is 0. The molecule has 1 atom stereocenters. The number of likely N-dealkylation sites (tertiary alicyclic amines) is 1. The van der Waals surface area contributed by atoms with Gasteiger partial charge in [0.25, 0.3) is 0 Å². The Morgan fingerprint density at radius 2 is 2.08 bits per heavy atom. The fraction of sp³-hybridized carbons (Fsp3) is 0.632. The first-order chi connectivity index (χ1) is 11.7. The van der Waals surface area contributed by atoms with E-state index < -0.39 is 0 Å². The van der Waals surface area contributed by atoms with Crippen molar-refractivity contribution in [3.05, 3.63) is 35.9 Å². The molecule has 2 rings (SSSR count). The Bertz CT molecular complexity index is 497.